The van der Waals surface area contributed by atoms with Gasteiger partial charge in [0.1, 0.15) is 12.4 Å². The van der Waals surface area contributed by atoms with Crippen molar-refractivity contribution in [2.24, 2.45) is 0 Å². The number of terminal acetylenes is 1. The smallest absolute Gasteiger partial charge is 0.371 e. The topological polar surface area (TPSA) is 253 Å². The molecule has 0 aromatic carbocycles. The van der Waals surface area contributed by atoms with Crippen LogP contribution in [0, 0.1) is 19.3 Å². The maximum Gasteiger partial charge on any atom is 0.490 e. The number of H-pyrrole nitrogens is 1. The van der Waals surface area contributed by atoms with Crippen LogP contribution < -0.4 is 5.56 Å². The Balaban J connectivity index is 1.89. The first-order valence-electron chi connectivity index (χ1n) is 8.75. The minimum absolute atomic E-state index is 0.0439. The van der Waals surface area contributed by atoms with Crippen LogP contribution in [0.25, 0.3) is 11.2 Å². The van der Waals surface area contributed by atoms with Crippen LogP contribution in [0.1, 0.15) is 12.1 Å². The Morgan fingerprint density at radius 2 is 1.91 bits per heavy atom. The van der Waals surface area contributed by atoms with Gasteiger partial charge < -0.3 is 34.4 Å². The lowest BCUT2D eigenvalue weighted by molar-refractivity contribution is -0.193. The highest BCUT2D eigenvalue weighted by Gasteiger charge is 2.67. The van der Waals surface area contributed by atoms with Gasteiger partial charge >= 0.3 is 23.5 Å². The molecule has 6 N–H and O–H groups in total. The van der Waals surface area contributed by atoms with Crippen LogP contribution >= 0.6 is 23.5 Å². The van der Waals surface area contributed by atoms with Gasteiger partial charge in [-0.15, -0.1) is 6.42 Å². The van der Waals surface area contributed by atoms with Crippen LogP contribution in [0.5, 0.6) is 0 Å². The lowest BCUT2D eigenvalue weighted by Crippen LogP contribution is -2.47. The van der Waals surface area contributed by atoms with Crippen molar-refractivity contribution >= 4 is 34.6 Å². The molecule has 1 aliphatic rings. The summed E-state index contributed by atoms with van der Waals surface area (Å²) < 4.78 is 80.8. The number of alkyl halides is 2. The molecule has 0 radical (unpaired) electrons. The Kier molecular flexibility index (Phi) is 7.03. The third-order valence-electron chi connectivity index (χ3n) is 4.32. The van der Waals surface area contributed by atoms with Crippen molar-refractivity contribution in [2.45, 2.75) is 30.8 Å². The summed E-state index contributed by atoms with van der Waals surface area (Å²) in [5, 5.41) is 10.6. The minimum atomic E-state index is -5.95. The maximum atomic E-state index is 15.3. The van der Waals surface area contributed by atoms with E-state index in [9.17, 15) is 28.5 Å². The second-order valence-electron chi connectivity index (χ2n) is 6.93. The average molecular weight is 566 g/mol. The van der Waals surface area contributed by atoms with Crippen LogP contribution in [0.3, 0.4) is 0 Å². The Hall–Kier alpha value is -1.90. The van der Waals surface area contributed by atoms with Gasteiger partial charge in [-0.2, -0.15) is 8.62 Å². The number of fused-ring (bicyclic) bond motifs is 1. The highest BCUT2D eigenvalue weighted by atomic mass is 31.3. The second-order valence-corrected chi connectivity index (χ2v) is 11.3. The molecule has 0 spiro atoms. The first kappa shape index (κ1) is 27.7. The number of halogens is 2. The first-order chi connectivity index (χ1) is 15.8. The standard InChI is InChI=1S/C13H15F2N4O13P3/c1-3-12(21)10(14)13(15,4-29-34(25,26)32-35(27,28)31-33(22,23)24)30-11(12)19-5-16-7-8(19)17-6(2)18-9(7)20/h1,5,10-11,21H,4H2,2H3,(H,25,26)(H,27,28)(H,17,18,20)(H2,22,23,24)/t10-,11+,12+,13+/m0/s1. The summed E-state index contributed by atoms with van der Waals surface area (Å²) in [6.45, 7) is -0.556. The van der Waals surface area contributed by atoms with E-state index in [1.54, 1.807) is 5.92 Å². The quantitative estimate of drug-likeness (QED) is 0.177. The fourth-order valence-electron chi connectivity index (χ4n) is 2.99. The molecule has 0 bridgehead atoms. The Morgan fingerprint density at radius 1 is 1.29 bits per heavy atom. The molecule has 1 saturated heterocycles. The van der Waals surface area contributed by atoms with Gasteiger partial charge in [0.25, 0.3) is 11.4 Å². The van der Waals surface area contributed by atoms with Crippen molar-refractivity contribution in [1.29, 1.82) is 0 Å². The highest BCUT2D eigenvalue weighted by Crippen LogP contribution is 2.66. The predicted molar refractivity (Wildman–Crippen MR) is 105 cm³/mol. The summed E-state index contributed by atoms with van der Waals surface area (Å²) >= 11 is 0. The van der Waals surface area contributed by atoms with E-state index >= 15 is 8.78 Å². The molecule has 3 heterocycles. The van der Waals surface area contributed by atoms with Gasteiger partial charge in [-0.05, 0) is 6.92 Å². The summed E-state index contributed by atoms with van der Waals surface area (Å²) in [7, 11) is -17.5. The number of aromatic nitrogens is 4. The summed E-state index contributed by atoms with van der Waals surface area (Å²) in [5.74, 6) is -2.20. The zero-order valence-electron chi connectivity index (χ0n) is 17.0. The number of aromatic amines is 1. The number of imidazole rings is 1. The molecule has 0 amide bonds. The van der Waals surface area contributed by atoms with E-state index in [1.807, 2.05) is 0 Å². The Labute approximate surface area is 192 Å². The monoisotopic (exact) mass is 566 g/mol. The number of phosphoric acid groups is 3. The molecule has 6 atom stereocenters. The fourth-order valence-corrected chi connectivity index (χ4v) is 6.02. The summed E-state index contributed by atoms with van der Waals surface area (Å²) in [6.07, 6.45) is 0.604. The van der Waals surface area contributed by atoms with Gasteiger partial charge in [0.05, 0.1) is 6.33 Å². The fraction of sp³-hybridized carbons (Fsp3) is 0.462. The lowest BCUT2D eigenvalue weighted by atomic mass is 9.95. The van der Waals surface area contributed by atoms with Crippen molar-refractivity contribution in [3.63, 3.8) is 0 Å². The highest BCUT2D eigenvalue weighted by molar-refractivity contribution is 7.66. The van der Waals surface area contributed by atoms with Crippen LogP contribution in [-0.2, 0) is 31.6 Å². The zero-order chi connectivity index (χ0) is 26.6. The molecule has 1 fully saturated rings. The number of rotatable bonds is 8. The van der Waals surface area contributed by atoms with E-state index < -0.39 is 59.5 Å². The number of nitrogens with zero attached hydrogens (tertiary/aromatic N) is 3. The molecule has 1 aliphatic heterocycles. The third-order valence-corrected chi connectivity index (χ3v) is 8.11. The van der Waals surface area contributed by atoms with Gasteiger partial charge in [0, 0.05) is 0 Å². The SMILES string of the molecule is C#C[C@]1(O)[C@H](n2cnc3c(=O)[nH]c(C)nc32)O[C@](F)(COP(=O)(O)OP(=O)(O)OP(=O)(O)O)[C@H]1F. The zero-order valence-corrected chi connectivity index (χ0v) is 19.6. The Bertz CT molecular complexity index is 1400. The molecular weight excluding hydrogens is 551 g/mol. The van der Waals surface area contributed by atoms with Crippen molar-refractivity contribution in [3.05, 3.63) is 22.5 Å². The van der Waals surface area contributed by atoms with E-state index in [2.05, 4.69) is 28.1 Å². The molecule has 2 unspecified atom stereocenters. The minimum Gasteiger partial charge on any atom is -0.371 e. The van der Waals surface area contributed by atoms with Crippen LogP contribution in [0.4, 0.5) is 8.78 Å². The molecule has 2 aromatic rings. The Morgan fingerprint density at radius 3 is 2.49 bits per heavy atom. The average Bonchev–Trinajstić information content (AvgIpc) is 3.18. The third kappa shape index (κ3) is 5.59. The molecule has 194 valence electrons. The summed E-state index contributed by atoms with van der Waals surface area (Å²) in [5.41, 5.74) is -4.52. The van der Waals surface area contributed by atoms with Crippen molar-refractivity contribution in [1.82, 2.24) is 19.5 Å². The lowest BCUT2D eigenvalue weighted by Gasteiger charge is -2.25. The molecule has 0 aliphatic carbocycles. The molecular formula is C13H15F2N4O13P3. The molecule has 22 heteroatoms. The maximum absolute atomic E-state index is 15.3. The van der Waals surface area contributed by atoms with E-state index in [-0.39, 0.29) is 17.0 Å². The molecule has 3 rings (SSSR count). The van der Waals surface area contributed by atoms with Gasteiger partial charge in [0.15, 0.2) is 17.4 Å². The van der Waals surface area contributed by atoms with Gasteiger partial charge in [-0.25, -0.2) is 32.4 Å². The molecule has 35 heavy (non-hydrogen) atoms. The normalized spacial score (nSPS) is 30.6. The largest absolute Gasteiger partial charge is 0.490 e. The van der Waals surface area contributed by atoms with Gasteiger partial charge in [-0.1, -0.05) is 5.92 Å². The number of hydrogen-bond donors (Lipinski definition) is 6. The van der Waals surface area contributed by atoms with Crippen molar-refractivity contribution in [3.8, 4) is 12.3 Å². The number of aryl methyl sites for hydroxylation is 1. The van der Waals surface area contributed by atoms with Gasteiger partial charge in [0.2, 0.25) is 11.8 Å². The van der Waals surface area contributed by atoms with E-state index in [1.165, 1.54) is 6.92 Å². The molecule has 2 aromatic heterocycles. The van der Waals surface area contributed by atoms with E-state index in [0.717, 1.165) is 10.9 Å². The van der Waals surface area contributed by atoms with E-state index in [4.69, 9.17) is 25.8 Å². The van der Waals surface area contributed by atoms with Crippen molar-refractivity contribution in [2.75, 3.05) is 6.61 Å². The first-order valence-corrected chi connectivity index (χ1v) is 13.3. The number of phosphoric ester groups is 1. The van der Waals surface area contributed by atoms with Crippen molar-refractivity contribution < 1.29 is 65.0 Å². The van der Waals surface area contributed by atoms with Gasteiger partial charge in [-0.3, -0.25) is 13.9 Å². The predicted octanol–water partition coefficient (Wildman–Crippen LogP) is -0.332. The number of hydrogen-bond acceptors (Lipinski definition) is 11. The number of ether oxygens (including phenoxy) is 1. The summed E-state index contributed by atoms with van der Waals surface area (Å²) in [6, 6.07) is 0. The van der Waals surface area contributed by atoms with Crippen LogP contribution in [0.15, 0.2) is 11.1 Å². The van der Waals surface area contributed by atoms with Crippen LogP contribution in [-0.4, -0.2) is 68.4 Å². The summed E-state index contributed by atoms with van der Waals surface area (Å²) in [4.78, 5) is 57.6. The second kappa shape index (κ2) is 8.89. The number of nitrogens with one attached hydrogen (secondary N) is 1. The number of aliphatic hydroxyl groups is 1. The van der Waals surface area contributed by atoms with Crippen LogP contribution in [0.2, 0.25) is 0 Å². The van der Waals surface area contributed by atoms with E-state index in [0.29, 0.717) is 0 Å². The molecule has 0 saturated carbocycles. The molecule has 17 nitrogen and oxygen atoms in total.